The SMILES string of the molecule is C#CCC(C)NCc1cccc(OC)c1OC(F)F. The molecule has 0 fully saturated rings. The average Bonchev–Trinajstić information content (AvgIpc) is 2.37. The number of halogens is 2. The normalized spacial score (nSPS) is 12.0. The summed E-state index contributed by atoms with van der Waals surface area (Å²) < 4.78 is 34.4. The van der Waals surface area contributed by atoms with Crippen LogP contribution in [-0.4, -0.2) is 19.8 Å². The lowest BCUT2D eigenvalue weighted by Gasteiger charge is -2.16. The van der Waals surface area contributed by atoms with Crippen LogP contribution in [0, 0.1) is 12.3 Å². The summed E-state index contributed by atoms with van der Waals surface area (Å²) in [5.41, 5.74) is 0.600. The van der Waals surface area contributed by atoms with Gasteiger partial charge in [-0.05, 0) is 13.0 Å². The zero-order valence-corrected chi connectivity index (χ0v) is 11.0. The van der Waals surface area contributed by atoms with E-state index in [1.165, 1.54) is 7.11 Å². The Kier molecular flexibility index (Phi) is 6.10. The standard InChI is InChI=1S/C14H17F2NO2/c1-4-6-10(2)17-9-11-7-5-8-12(18-3)13(11)19-14(15)16/h1,5,7-8,10,14,17H,6,9H2,2-3H3. The first kappa shape index (κ1) is 15.3. The topological polar surface area (TPSA) is 30.5 Å². The van der Waals surface area contributed by atoms with Crippen LogP contribution in [0.2, 0.25) is 0 Å². The van der Waals surface area contributed by atoms with Crippen LogP contribution in [0.25, 0.3) is 0 Å². The minimum Gasteiger partial charge on any atom is -0.493 e. The van der Waals surface area contributed by atoms with Crippen LogP contribution in [0.3, 0.4) is 0 Å². The van der Waals surface area contributed by atoms with Gasteiger partial charge >= 0.3 is 6.61 Å². The van der Waals surface area contributed by atoms with Crippen molar-refractivity contribution in [3.63, 3.8) is 0 Å². The second-order valence-electron chi connectivity index (χ2n) is 4.02. The van der Waals surface area contributed by atoms with E-state index in [9.17, 15) is 8.78 Å². The number of alkyl halides is 2. The van der Waals surface area contributed by atoms with Gasteiger partial charge in [-0.1, -0.05) is 12.1 Å². The maximum absolute atomic E-state index is 12.4. The predicted octanol–water partition coefficient (Wildman–Crippen LogP) is 2.80. The molecule has 5 heteroatoms. The van der Waals surface area contributed by atoms with Crippen molar-refractivity contribution in [2.24, 2.45) is 0 Å². The minimum atomic E-state index is -2.89. The van der Waals surface area contributed by atoms with Crippen molar-refractivity contribution in [1.29, 1.82) is 0 Å². The van der Waals surface area contributed by atoms with E-state index in [1.807, 2.05) is 6.92 Å². The molecule has 1 aromatic carbocycles. The van der Waals surface area contributed by atoms with E-state index >= 15 is 0 Å². The fourth-order valence-electron chi connectivity index (χ4n) is 1.62. The number of hydrogen-bond acceptors (Lipinski definition) is 3. The largest absolute Gasteiger partial charge is 0.493 e. The van der Waals surface area contributed by atoms with Crippen LogP contribution in [0.1, 0.15) is 18.9 Å². The number of ether oxygens (including phenoxy) is 2. The smallest absolute Gasteiger partial charge is 0.387 e. The van der Waals surface area contributed by atoms with Gasteiger partial charge in [0.05, 0.1) is 7.11 Å². The van der Waals surface area contributed by atoms with E-state index in [1.54, 1.807) is 18.2 Å². The fraction of sp³-hybridized carbons (Fsp3) is 0.429. The van der Waals surface area contributed by atoms with Crippen molar-refractivity contribution in [2.75, 3.05) is 7.11 Å². The molecule has 3 nitrogen and oxygen atoms in total. The molecule has 1 N–H and O–H groups in total. The Morgan fingerprint density at radius 2 is 2.16 bits per heavy atom. The molecule has 1 unspecified atom stereocenters. The summed E-state index contributed by atoms with van der Waals surface area (Å²) in [6.07, 6.45) is 5.77. The molecule has 1 atom stereocenters. The highest BCUT2D eigenvalue weighted by molar-refractivity contribution is 5.46. The van der Waals surface area contributed by atoms with E-state index in [-0.39, 0.29) is 17.5 Å². The molecule has 0 saturated carbocycles. The van der Waals surface area contributed by atoms with Crippen molar-refractivity contribution in [3.8, 4) is 23.8 Å². The van der Waals surface area contributed by atoms with Gasteiger partial charge < -0.3 is 14.8 Å². The van der Waals surface area contributed by atoms with Gasteiger partial charge in [0.25, 0.3) is 0 Å². The summed E-state index contributed by atoms with van der Waals surface area (Å²) in [5.74, 6) is 2.87. The molecule has 104 valence electrons. The van der Waals surface area contributed by atoms with Crippen molar-refractivity contribution in [1.82, 2.24) is 5.32 Å². The van der Waals surface area contributed by atoms with Crippen LogP contribution >= 0.6 is 0 Å². The van der Waals surface area contributed by atoms with Crippen LogP contribution in [0.5, 0.6) is 11.5 Å². The quantitative estimate of drug-likeness (QED) is 0.772. The average molecular weight is 269 g/mol. The summed E-state index contributed by atoms with van der Waals surface area (Å²) in [7, 11) is 1.41. The number of para-hydroxylation sites is 1. The molecule has 0 heterocycles. The lowest BCUT2D eigenvalue weighted by atomic mass is 10.1. The Morgan fingerprint density at radius 3 is 2.74 bits per heavy atom. The first-order valence-electron chi connectivity index (χ1n) is 5.86. The molecule has 0 aliphatic rings. The Labute approximate surface area is 111 Å². The molecule has 0 radical (unpaired) electrons. The van der Waals surface area contributed by atoms with E-state index in [0.29, 0.717) is 18.5 Å². The monoisotopic (exact) mass is 269 g/mol. The van der Waals surface area contributed by atoms with E-state index in [2.05, 4.69) is 16.0 Å². The molecular weight excluding hydrogens is 252 g/mol. The third-order valence-electron chi connectivity index (χ3n) is 2.55. The lowest BCUT2D eigenvalue weighted by molar-refractivity contribution is -0.0518. The van der Waals surface area contributed by atoms with E-state index in [4.69, 9.17) is 11.2 Å². The fourth-order valence-corrected chi connectivity index (χ4v) is 1.62. The highest BCUT2D eigenvalue weighted by atomic mass is 19.3. The number of terminal acetylenes is 1. The summed E-state index contributed by atoms with van der Waals surface area (Å²) >= 11 is 0. The second kappa shape index (κ2) is 7.59. The number of benzene rings is 1. The van der Waals surface area contributed by atoms with Gasteiger partial charge in [-0.3, -0.25) is 0 Å². The zero-order valence-electron chi connectivity index (χ0n) is 11.0. The molecule has 0 saturated heterocycles. The summed E-state index contributed by atoms with van der Waals surface area (Å²) in [6.45, 7) is -0.589. The van der Waals surface area contributed by atoms with Crippen molar-refractivity contribution >= 4 is 0 Å². The summed E-state index contributed by atoms with van der Waals surface area (Å²) in [6, 6.07) is 5.10. The zero-order chi connectivity index (χ0) is 14.3. The number of nitrogens with one attached hydrogen (secondary N) is 1. The third-order valence-corrected chi connectivity index (χ3v) is 2.55. The highest BCUT2D eigenvalue weighted by Crippen LogP contribution is 2.32. The van der Waals surface area contributed by atoms with Crippen molar-refractivity contribution in [2.45, 2.75) is 32.5 Å². The van der Waals surface area contributed by atoms with Crippen LogP contribution in [0.15, 0.2) is 18.2 Å². The van der Waals surface area contributed by atoms with Crippen LogP contribution in [0.4, 0.5) is 8.78 Å². The maximum atomic E-state index is 12.4. The van der Waals surface area contributed by atoms with Gasteiger partial charge in [-0.25, -0.2) is 0 Å². The van der Waals surface area contributed by atoms with Crippen molar-refractivity contribution < 1.29 is 18.3 Å². The molecular formula is C14H17F2NO2. The van der Waals surface area contributed by atoms with E-state index in [0.717, 1.165) is 0 Å². The third kappa shape index (κ3) is 4.76. The van der Waals surface area contributed by atoms with Crippen LogP contribution in [-0.2, 0) is 6.54 Å². The summed E-state index contributed by atoms with van der Waals surface area (Å²) in [4.78, 5) is 0. The Bertz CT molecular complexity index is 444. The number of methoxy groups -OCH3 is 1. The first-order valence-corrected chi connectivity index (χ1v) is 5.86. The summed E-state index contributed by atoms with van der Waals surface area (Å²) in [5, 5.41) is 3.14. The molecule has 19 heavy (non-hydrogen) atoms. The number of hydrogen-bond donors (Lipinski definition) is 1. The molecule has 0 aliphatic heterocycles. The molecule has 0 aliphatic carbocycles. The van der Waals surface area contributed by atoms with E-state index < -0.39 is 6.61 Å². The number of rotatable bonds is 7. The second-order valence-corrected chi connectivity index (χ2v) is 4.02. The van der Waals surface area contributed by atoms with Crippen molar-refractivity contribution in [3.05, 3.63) is 23.8 Å². The maximum Gasteiger partial charge on any atom is 0.387 e. The predicted molar refractivity (Wildman–Crippen MR) is 69.4 cm³/mol. The van der Waals surface area contributed by atoms with Crippen LogP contribution < -0.4 is 14.8 Å². The van der Waals surface area contributed by atoms with Gasteiger partial charge in [-0.15, -0.1) is 12.3 Å². The van der Waals surface area contributed by atoms with Gasteiger partial charge in [0.2, 0.25) is 0 Å². The van der Waals surface area contributed by atoms with Gasteiger partial charge in [0.1, 0.15) is 0 Å². The molecule has 0 amide bonds. The first-order chi connectivity index (χ1) is 9.08. The molecule has 1 aromatic rings. The van der Waals surface area contributed by atoms with Gasteiger partial charge in [0.15, 0.2) is 11.5 Å². The Hall–Kier alpha value is -1.80. The highest BCUT2D eigenvalue weighted by Gasteiger charge is 2.15. The van der Waals surface area contributed by atoms with Gasteiger partial charge in [-0.2, -0.15) is 8.78 Å². The lowest BCUT2D eigenvalue weighted by Crippen LogP contribution is -2.25. The molecule has 0 bridgehead atoms. The molecule has 1 rings (SSSR count). The molecule has 0 spiro atoms. The molecule has 0 aromatic heterocycles. The van der Waals surface area contributed by atoms with Gasteiger partial charge in [0, 0.05) is 24.6 Å². The Balaban J connectivity index is 2.84. The minimum absolute atomic E-state index is 0.0559. The Morgan fingerprint density at radius 1 is 1.42 bits per heavy atom.